The fourth-order valence-corrected chi connectivity index (χ4v) is 3.72. The topological polar surface area (TPSA) is 87.0 Å². The van der Waals surface area contributed by atoms with Crippen LogP contribution >= 0.6 is 0 Å². The predicted octanol–water partition coefficient (Wildman–Crippen LogP) is 3.91. The molecule has 162 valence electrons. The van der Waals surface area contributed by atoms with E-state index in [0.29, 0.717) is 19.3 Å². The van der Waals surface area contributed by atoms with Gasteiger partial charge in [0.05, 0.1) is 24.4 Å². The minimum atomic E-state index is -0.571. The van der Waals surface area contributed by atoms with Crippen LogP contribution < -0.4 is 0 Å². The highest BCUT2D eigenvalue weighted by atomic mass is 16.5. The van der Waals surface area contributed by atoms with Crippen LogP contribution in [-0.4, -0.2) is 45.7 Å². The summed E-state index contributed by atoms with van der Waals surface area (Å²) in [6.07, 6.45) is 13.0. The quantitative estimate of drug-likeness (QED) is 0.250. The molecule has 5 heteroatoms. The normalized spacial score (nSPS) is 26.5. The predicted molar refractivity (Wildman–Crippen MR) is 112 cm³/mol. The van der Waals surface area contributed by atoms with E-state index in [2.05, 4.69) is 6.92 Å². The van der Waals surface area contributed by atoms with Crippen molar-refractivity contribution >= 4 is 5.97 Å². The number of carbonyl (C=O) groups is 1. The van der Waals surface area contributed by atoms with Crippen molar-refractivity contribution in [1.29, 1.82) is 0 Å². The van der Waals surface area contributed by atoms with E-state index in [9.17, 15) is 20.1 Å². The summed E-state index contributed by atoms with van der Waals surface area (Å²) in [5.41, 5.74) is 0. The van der Waals surface area contributed by atoms with Crippen LogP contribution in [0.15, 0.2) is 24.3 Å². The van der Waals surface area contributed by atoms with Crippen LogP contribution in [0.2, 0.25) is 0 Å². The lowest BCUT2D eigenvalue weighted by molar-refractivity contribution is -0.147. The molecule has 1 aliphatic rings. The summed E-state index contributed by atoms with van der Waals surface area (Å²) in [5, 5.41) is 30.6. The van der Waals surface area contributed by atoms with Crippen LogP contribution in [0.3, 0.4) is 0 Å². The highest BCUT2D eigenvalue weighted by Crippen LogP contribution is 2.36. The van der Waals surface area contributed by atoms with Gasteiger partial charge in [-0.15, -0.1) is 0 Å². The van der Waals surface area contributed by atoms with Crippen LogP contribution in [0, 0.1) is 11.8 Å². The van der Waals surface area contributed by atoms with Crippen LogP contribution in [0.5, 0.6) is 0 Å². The van der Waals surface area contributed by atoms with E-state index in [1.54, 1.807) is 6.08 Å². The van der Waals surface area contributed by atoms with Gasteiger partial charge in [0, 0.05) is 18.8 Å². The second-order valence-corrected chi connectivity index (χ2v) is 8.20. The standard InChI is InChI=1S/C23H40O5/c1-4-5-8-11-18(24)14-15-20-19(21(25)16-22(20)26)12-9-6-7-10-13-23(27)28-17(2)3/h6,9,14-15,17-22,24-26H,4-5,7-8,10-13,16H2,1-3H3/t18-,19+,20+,21-,22+/m0/s1. The third kappa shape index (κ3) is 9.85. The lowest BCUT2D eigenvalue weighted by Gasteiger charge is -2.19. The molecule has 1 saturated carbocycles. The number of carbonyl (C=O) groups excluding carboxylic acids is 1. The number of esters is 1. The van der Waals surface area contributed by atoms with Crippen molar-refractivity contribution in [2.45, 2.75) is 103 Å². The Labute approximate surface area is 170 Å². The van der Waals surface area contributed by atoms with Crippen LogP contribution in [-0.2, 0) is 9.53 Å². The smallest absolute Gasteiger partial charge is 0.306 e. The van der Waals surface area contributed by atoms with Crippen molar-refractivity contribution in [2.75, 3.05) is 0 Å². The van der Waals surface area contributed by atoms with Crippen molar-refractivity contribution in [3.05, 3.63) is 24.3 Å². The summed E-state index contributed by atoms with van der Waals surface area (Å²) in [6, 6.07) is 0. The van der Waals surface area contributed by atoms with Gasteiger partial charge in [0.1, 0.15) is 0 Å². The monoisotopic (exact) mass is 396 g/mol. The number of ether oxygens (including phenoxy) is 1. The minimum Gasteiger partial charge on any atom is -0.463 e. The maximum Gasteiger partial charge on any atom is 0.306 e. The number of aliphatic hydroxyl groups is 3. The van der Waals surface area contributed by atoms with Gasteiger partial charge in [0.15, 0.2) is 0 Å². The molecule has 1 aliphatic carbocycles. The van der Waals surface area contributed by atoms with Gasteiger partial charge in [0.25, 0.3) is 0 Å². The molecule has 0 amide bonds. The summed E-state index contributed by atoms with van der Waals surface area (Å²) in [6.45, 7) is 5.82. The molecule has 0 aromatic rings. The summed E-state index contributed by atoms with van der Waals surface area (Å²) < 4.78 is 5.10. The number of hydrogen-bond donors (Lipinski definition) is 3. The van der Waals surface area contributed by atoms with Crippen molar-refractivity contribution in [3.8, 4) is 0 Å². The number of aliphatic hydroxyl groups excluding tert-OH is 3. The first-order valence-electron chi connectivity index (χ1n) is 10.9. The van der Waals surface area contributed by atoms with E-state index in [1.807, 2.05) is 32.1 Å². The third-order valence-corrected chi connectivity index (χ3v) is 5.27. The summed E-state index contributed by atoms with van der Waals surface area (Å²) in [4.78, 5) is 11.5. The summed E-state index contributed by atoms with van der Waals surface area (Å²) >= 11 is 0. The third-order valence-electron chi connectivity index (χ3n) is 5.27. The van der Waals surface area contributed by atoms with Gasteiger partial charge >= 0.3 is 5.97 Å². The molecular formula is C23H40O5. The van der Waals surface area contributed by atoms with Crippen LogP contribution in [0.1, 0.15) is 78.6 Å². The van der Waals surface area contributed by atoms with Gasteiger partial charge in [-0.2, -0.15) is 0 Å². The SMILES string of the molecule is CCCCC[C@H](O)C=C[C@@H]1[C@@H](CC=CCCCC(=O)OC(C)C)[C@@H](O)C[C@H]1O. The first kappa shape index (κ1) is 24.9. The molecule has 5 nitrogen and oxygen atoms in total. The molecule has 1 rings (SSSR count). The fourth-order valence-electron chi connectivity index (χ4n) is 3.72. The number of unbranched alkanes of at least 4 members (excludes halogenated alkanes) is 3. The Morgan fingerprint density at radius 1 is 1.14 bits per heavy atom. The van der Waals surface area contributed by atoms with Crippen molar-refractivity contribution in [1.82, 2.24) is 0 Å². The zero-order chi connectivity index (χ0) is 20.9. The Balaban J connectivity index is 2.41. The molecule has 0 aromatic carbocycles. The van der Waals surface area contributed by atoms with Crippen LogP contribution in [0.4, 0.5) is 0 Å². The minimum absolute atomic E-state index is 0.0451. The Kier molecular flexibility index (Phi) is 12.4. The molecule has 0 bridgehead atoms. The van der Waals surface area contributed by atoms with E-state index in [0.717, 1.165) is 38.5 Å². The highest BCUT2D eigenvalue weighted by molar-refractivity contribution is 5.69. The second-order valence-electron chi connectivity index (χ2n) is 8.20. The van der Waals surface area contributed by atoms with Gasteiger partial charge < -0.3 is 20.1 Å². The Bertz CT molecular complexity index is 485. The summed E-state index contributed by atoms with van der Waals surface area (Å²) in [7, 11) is 0. The molecule has 5 atom stereocenters. The number of hydrogen-bond acceptors (Lipinski definition) is 5. The molecular weight excluding hydrogens is 356 g/mol. The van der Waals surface area contributed by atoms with Gasteiger partial charge in [-0.25, -0.2) is 0 Å². The first-order chi connectivity index (χ1) is 13.3. The highest BCUT2D eigenvalue weighted by Gasteiger charge is 2.39. The zero-order valence-electron chi connectivity index (χ0n) is 17.8. The molecule has 0 aromatic heterocycles. The largest absolute Gasteiger partial charge is 0.463 e. The lowest BCUT2D eigenvalue weighted by Crippen LogP contribution is -2.20. The van der Waals surface area contributed by atoms with Crippen LogP contribution in [0.25, 0.3) is 0 Å². The molecule has 0 heterocycles. The van der Waals surface area contributed by atoms with Crippen molar-refractivity contribution in [3.63, 3.8) is 0 Å². The van der Waals surface area contributed by atoms with Gasteiger partial charge in [-0.05, 0) is 45.4 Å². The van der Waals surface area contributed by atoms with Gasteiger partial charge in [-0.1, -0.05) is 50.5 Å². The molecule has 1 fully saturated rings. The Morgan fingerprint density at radius 2 is 1.89 bits per heavy atom. The average Bonchev–Trinajstić information content (AvgIpc) is 2.88. The van der Waals surface area contributed by atoms with E-state index in [4.69, 9.17) is 4.74 Å². The Hall–Kier alpha value is -1.17. The maximum atomic E-state index is 11.5. The molecule has 0 aliphatic heterocycles. The summed E-state index contributed by atoms with van der Waals surface area (Å²) in [5.74, 6) is -0.349. The van der Waals surface area contributed by atoms with Gasteiger partial charge in [-0.3, -0.25) is 4.79 Å². The van der Waals surface area contributed by atoms with E-state index < -0.39 is 18.3 Å². The molecule has 28 heavy (non-hydrogen) atoms. The maximum absolute atomic E-state index is 11.5. The van der Waals surface area contributed by atoms with E-state index >= 15 is 0 Å². The number of allylic oxidation sites excluding steroid dienone is 2. The zero-order valence-corrected chi connectivity index (χ0v) is 17.8. The first-order valence-corrected chi connectivity index (χ1v) is 10.9. The molecule has 0 saturated heterocycles. The lowest BCUT2D eigenvalue weighted by atomic mass is 9.89. The number of rotatable bonds is 13. The molecule has 0 unspecified atom stereocenters. The van der Waals surface area contributed by atoms with Gasteiger partial charge in [0.2, 0.25) is 0 Å². The Morgan fingerprint density at radius 3 is 2.57 bits per heavy atom. The fraction of sp³-hybridized carbons (Fsp3) is 0.783. The molecule has 3 N–H and O–H groups in total. The molecule has 0 radical (unpaired) electrons. The van der Waals surface area contributed by atoms with E-state index in [-0.39, 0.29) is 23.9 Å². The van der Waals surface area contributed by atoms with Crippen molar-refractivity contribution in [2.24, 2.45) is 11.8 Å². The average molecular weight is 397 g/mol. The second kappa shape index (κ2) is 13.9. The van der Waals surface area contributed by atoms with E-state index in [1.165, 1.54) is 0 Å². The van der Waals surface area contributed by atoms with Crippen molar-refractivity contribution < 1.29 is 24.9 Å². The molecule has 0 spiro atoms.